The summed E-state index contributed by atoms with van der Waals surface area (Å²) in [6.45, 7) is 8.15. The van der Waals surface area contributed by atoms with Gasteiger partial charge in [0.05, 0.1) is 0 Å². The molecule has 0 aromatic heterocycles. The number of aliphatic hydroxyl groups excluding tert-OH is 1. The van der Waals surface area contributed by atoms with Gasteiger partial charge in [0, 0.05) is 6.42 Å². The van der Waals surface area contributed by atoms with Gasteiger partial charge in [0.2, 0.25) is 0 Å². The minimum atomic E-state index is -1.39. The van der Waals surface area contributed by atoms with Gasteiger partial charge in [-0.3, -0.25) is 4.79 Å². The van der Waals surface area contributed by atoms with Crippen LogP contribution in [0.25, 0.3) is 0 Å². The number of hydrogen-bond donors (Lipinski definition) is 3. The maximum atomic E-state index is 12.7. The molecule has 2 rings (SSSR count). The monoisotopic (exact) mass is 333 g/mol. The molecule has 1 aliphatic rings. The molecule has 1 aromatic carbocycles. The van der Waals surface area contributed by atoms with Gasteiger partial charge in [0.25, 0.3) is 5.91 Å². The summed E-state index contributed by atoms with van der Waals surface area (Å²) in [5, 5.41) is 24.0. The Morgan fingerprint density at radius 2 is 2.08 bits per heavy atom. The first-order chi connectivity index (χ1) is 11.2. The van der Waals surface area contributed by atoms with Gasteiger partial charge in [-0.15, -0.1) is 0 Å². The van der Waals surface area contributed by atoms with Gasteiger partial charge in [-0.05, 0) is 43.1 Å². The lowest BCUT2D eigenvalue weighted by molar-refractivity contribution is -0.158. The third-order valence-corrected chi connectivity index (χ3v) is 5.25. The van der Waals surface area contributed by atoms with Crippen LogP contribution in [0.5, 0.6) is 0 Å². The van der Waals surface area contributed by atoms with Crippen molar-refractivity contribution in [3.63, 3.8) is 0 Å². The second kappa shape index (κ2) is 7.66. The zero-order chi connectivity index (χ0) is 17.9. The van der Waals surface area contributed by atoms with Crippen LogP contribution in [-0.4, -0.2) is 27.9 Å². The van der Waals surface area contributed by atoms with Gasteiger partial charge >= 0.3 is 0 Å². The standard InChI is InChI=1S/C20H31NO3/c1-13(2)17-9-8-15(4)12-20(17,24)19(23)21-18(22)11-16-7-5-6-14(3)10-16/h5-7,10,13,15,17-18,22,24H,8-9,11-12H2,1-4H3,(H,21,23)/t15?,17?,18?,20-/m1/s1. The molecule has 0 heterocycles. The molecular weight excluding hydrogens is 302 g/mol. The average Bonchev–Trinajstić information content (AvgIpc) is 2.46. The van der Waals surface area contributed by atoms with E-state index in [9.17, 15) is 15.0 Å². The van der Waals surface area contributed by atoms with E-state index in [4.69, 9.17) is 0 Å². The van der Waals surface area contributed by atoms with Crippen molar-refractivity contribution in [1.29, 1.82) is 0 Å². The summed E-state index contributed by atoms with van der Waals surface area (Å²) in [4.78, 5) is 12.7. The molecule has 3 N–H and O–H groups in total. The summed E-state index contributed by atoms with van der Waals surface area (Å²) in [6.07, 6.45) is 1.68. The fourth-order valence-corrected chi connectivity index (χ4v) is 4.02. The summed E-state index contributed by atoms with van der Waals surface area (Å²) in [7, 11) is 0. The van der Waals surface area contributed by atoms with Crippen molar-refractivity contribution >= 4 is 5.91 Å². The number of amides is 1. The van der Waals surface area contributed by atoms with Crippen molar-refractivity contribution in [2.45, 2.75) is 65.2 Å². The molecule has 134 valence electrons. The molecule has 1 aromatic rings. The van der Waals surface area contributed by atoms with E-state index in [0.717, 1.165) is 24.0 Å². The van der Waals surface area contributed by atoms with Crippen molar-refractivity contribution in [2.75, 3.05) is 0 Å². The van der Waals surface area contributed by atoms with E-state index in [1.54, 1.807) is 0 Å². The second-order valence-electron chi connectivity index (χ2n) is 7.84. The molecule has 24 heavy (non-hydrogen) atoms. The normalized spacial score (nSPS) is 28.6. The summed E-state index contributed by atoms with van der Waals surface area (Å²) in [5.74, 6) is 0.0274. The predicted octanol–water partition coefficient (Wildman–Crippen LogP) is 2.80. The molecule has 0 saturated heterocycles. The van der Waals surface area contributed by atoms with Crippen molar-refractivity contribution in [2.24, 2.45) is 17.8 Å². The molecule has 4 atom stereocenters. The first-order valence-corrected chi connectivity index (χ1v) is 8.99. The first-order valence-electron chi connectivity index (χ1n) is 8.99. The summed E-state index contributed by atoms with van der Waals surface area (Å²) < 4.78 is 0. The zero-order valence-electron chi connectivity index (χ0n) is 15.2. The largest absolute Gasteiger partial charge is 0.380 e. The Morgan fingerprint density at radius 1 is 1.38 bits per heavy atom. The molecule has 1 amide bonds. The summed E-state index contributed by atoms with van der Waals surface area (Å²) in [6, 6.07) is 7.85. The van der Waals surface area contributed by atoms with Gasteiger partial charge in [-0.2, -0.15) is 0 Å². The van der Waals surface area contributed by atoms with Crippen LogP contribution in [0.2, 0.25) is 0 Å². The second-order valence-corrected chi connectivity index (χ2v) is 7.84. The third kappa shape index (κ3) is 4.37. The number of carbonyl (C=O) groups is 1. The maximum absolute atomic E-state index is 12.7. The Bertz CT molecular complexity index is 572. The zero-order valence-corrected chi connectivity index (χ0v) is 15.2. The lowest BCUT2D eigenvalue weighted by Crippen LogP contribution is -2.58. The SMILES string of the molecule is Cc1cccc(CC(O)NC(=O)[C@@]2(O)CC(C)CCC2C(C)C)c1. The van der Waals surface area contributed by atoms with E-state index in [2.05, 4.69) is 12.2 Å². The van der Waals surface area contributed by atoms with Gasteiger partial charge in [0.15, 0.2) is 0 Å². The molecule has 1 aliphatic carbocycles. The third-order valence-electron chi connectivity index (χ3n) is 5.25. The predicted molar refractivity (Wildman–Crippen MR) is 95.3 cm³/mol. The average molecular weight is 333 g/mol. The minimum Gasteiger partial charge on any atom is -0.380 e. The van der Waals surface area contributed by atoms with Crippen LogP contribution in [0.4, 0.5) is 0 Å². The van der Waals surface area contributed by atoms with Crippen molar-refractivity contribution < 1.29 is 15.0 Å². The van der Waals surface area contributed by atoms with E-state index >= 15 is 0 Å². The number of carbonyl (C=O) groups excluding carboxylic acids is 1. The van der Waals surface area contributed by atoms with Gasteiger partial charge < -0.3 is 15.5 Å². The Kier molecular flexibility index (Phi) is 6.05. The van der Waals surface area contributed by atoms with Crippen molar-refractivity contribution in [1.82, 2.24) is 5.32 Å². The smallest absolute Gasteiger partial charge is 0.254 e. The van der Waals surface area contributed by atoms with Gasteiger partial charge in [-0.1, -0.05) is 57.0 Å². The fourth-order valence-electron chi connectivity index (χ4n) is 4.02. The quantitative estimate of drug-likeness (QED) is 0.726. The van der Waals surface area contributed by atoms with E-state index in [1.165, 1.54) is 0 Å². The molecule has 0 aliphatic heterocycles. The van der Waals surface area contributed by atoms with Crippen LogP contribution in [-0.2, 0) is 11.2 Å². The molecule has 0 bridgehead atoms. The van der Waals surface area contributed by atoms with Crippen LogP contribution in [0.1, 0.15) is 51.2 Å². The number of hydrogen-bond acceptors (Lipinski definition) is 3. The highest BCUT2D eigenvalue weighted by Crippen LogP contribution is 2.41. The van der Waals surface area contributed by atoms with Crippen LogP contribution in [0.15, 0.2) is 24.3 Å². The Morgan fingerprint density at radius 3 is 2.71 bits per heavy atom. The molecule has 4 nitrogen and oxygen atoms in total. The van der Waals surface area contributed by atoms with Crippen molar-refractivity contribution in [3.05, 3.63) is 35.4 Å². The number of aryl methyl sites for hydroxylation is 1. The highest BCUT2D eigenvalue weighted by molar-refractivity contribution is 5.85. The van der Waals surface area contributed by atoms with E-state index in [1.807, 2.05) is 45.0 Å². The molecule has 0 radical (unpaired) electrons. The van der Waals surface area contributed by atoms with Crippen LogP contribution in [0, 0.1) is 24.7 Å². The van der Waals surface area contributed by atoms with E-state index in [0.29, 0.717) is 18.8 Å². The Hall–Kier alpha value is -1.39. The molecule has 3 unspecified atom stereocenters. The highest BCUT2D eigenvalue weighted by Gasteiger charge is 2.48. The fraction of sp³-hybridized carbons (Fsp3) is 0.650. The highest BCUT2D eigenvalue weighted by atomic mass is 16.3. The van der Waals surface area contributed by atoms with Crippen LogP contribution >= 0.6 is 0 Å². The lowest BCUT2D eigenvalue weighted by Gasteiger charge is -2.43. The summed E-state index contributed by atoms with van der Waals surface area (Å²) in [5.41, 5.74) is 0.692. The number of benzene rings is 1. The van der Waals surface area contributed by atoms with E-state index < -0.39 is 17.7 Å². The number of nitrogens with one attached hydrogen (secondary N) is 1. The van der Waals surface area contributed by atoms with Crippen molar-refractivity contribution in [3.8, 4) is 0 Å². The van der Waals surface area contributed by atoms with E-state index in [-0.39, 0.29) is 11.8 Å². The molecule has 1 fully saturated rings. The molecule has 4 heteroatoms. The lowest BCUT2D eigenvalue weighted by atomic mass is 9.66. The topological polar surface area (TPSA) is 69.6 Å². The minimum absolute atomic E-state index is 0.0696. The number of aliphatic hydroxyl groups is 2. The molecular formula is C20H31NO3. The maximum Gasteiger partial charge on any atom is 0.254 e. The number of rotatable bonds is 5. The van der Waals surface area contributed by atoms with Crippen LogP contribution in [0.3, 0.4) is 0 Å². The molecule has 1 saturated carbocycles. The van der Waals surface area contributed by atoms with Crippen LogP contribution < -0.4 is 5.32 Å². The Labute approximate surface area is 145 Å². The van der Waals surface area contributed by atoms with Gasteiger partial charge in [0.1, 0.15) is 11.8 Å². The Balaban J connectivity index is 2.05. The molecule has 0 spiro atoms. The van der Waals surface area contributed by atoms with Gasteiger partial charge in [-0.25, -0.2) is 0 Å². The first kappa shape index (κ1) is 18.9. The summed E-state index contributed by atoms with van der Waals surface area (Å²) >= 11 is 0.